The predicted octanol–water partition coefficient (Wildman–Crippen LogP) is 2.57. The van der Waals surface area contributed by atoms with Crippen LogP contribution in [0.2, 0.25) is 0 Å². The van der Waals surface area contributed by atoms with Crippen molar-refractivity contribution in [2.75, 3.05) is 39.3 Å². The Morgan fingerprint density at radius 3 is 2.55 bits per heavy atom. The van der Waals surface area contributed by atoms with Crippen LogP contribution in [0.1, 0.15) is 57.8 Å². The highest BCUT2D eigenvalue weighted by Gasteiger charge is 2.13. The summed E-state index contributed by atoms with van der Waals surface area (Å²) in [7, 11) is 0. The summed E-state index contributed by atoms with van der Waals surface area (Å²) < 4.78 is 0. The van der Waals surface area contributed by atoms with Gasteiger partial charge in [-0.25, -0.2) is 0 Å². The Kier molecular flexibility index (Phi) is 10.9. The number of hydrogen-bond donors (Lipinski definition) is 2. The molecule has 0 atom stereocenters. The van der Waals surface area contributed by atoms with Gasteiger partial charge in [-0.3, -0.25) is 4.79 Å². The van der Waals surface area contributed by atoms with Crippen molar-refractivity contribution in [3.8, 4) is 0 Å². The molecule has 1 heterocycles. The first-order valence-corrected chi connectivity index (χ1v) is 9.04. The largest absolute Gasteiger partial charge is 0.356 e. The Morgan fingerprint density at radius 2 is 1.82 bits per heavy atom. The fourth-order valence-corrected chi connectivity index (χ4v) is 3.58. The summed E-state index contributed by atoms with van der Waals surface area (Å²) in [6.07, 6.45) is 11.2. The average Bonchev–Trinajstić information content (AvgIpc) is 2.54. The van der Waals surface area contributed by atoms with Gasteiger partial charge in [0.25, 0.3) is 0 Å². The molecule has 0 bridgehead atoms. The first kappa shape index (κ1) is 19.7. The molecule has 0 unspecified atom stereocenters. The molecule has 1 amide bonds. The minimum atomic E-state index is 0. The van der Waals surface area contributed by atoms with E-state index in [4.69, 9.17) is 0 Å². The van der Waals surface area contributed by atoms with Crippen molar-refractivity contribution in [3.05, 3.63) is 0 Å². The highest BCUT2D eigenvalue weighted by molar-refractivity contribution is 5.85. The molecule has 4 nitrogen and oxygen atoms in total. The number of halogens is 1. The van der Waals surface area contributed by atoms with Gasteiger partial charge < -0.3 is 15.5 Å². The Labute approximate surface area is 142 Å². The molecule has 5 heteroatoms. The molecule has 2 fully saturated rings. The van der Waals surface area contributed by atoms with Crippen LogP contribution in [0.3, 0.4) is 0 Å². The standard InChI is InChI=1S/C17H33N3O.ClH/c21-17(9-4-8-16-6-2-1-3-7-16)19-10-5-13-20-14-11-18-12-15-20;/h16,18H,1-15H2,(H,19,21);1H. The number of nitrogens with zero attached hydrogens (tertiary/aromatic N) is 1. The van der Waals surface area contributed by atoms with Gasteiger partial charge in [0.1, 0.15) is 0 Å². The first-order chi connectivity index (χ1) is 10.3. The van der Waals surface area contributed by atoms with Crippen molar-refractivity contribution in [2.45, 2.75) is 57.8 Å². The fourth-order valence-electron chi connectivity index (χ4n) is 3.58. The minimum Gasteiger partial charge on any atom is -0.356 e. The molecule has 2 rings (SSSR count). The zero-order valence-electron chi connectivity index (χ0n) is 13.9. The van der Waals surface area contributed by atoms with Crippen molar-refractivity contribution in [3.63, 3.8) is 0 Å². The lowest BCUT2D eigenvalue weighted by Gasteiger charge is -2.27. The van der Waals surface area contributed by atoms with Gasteiger partial charge in [-0.1, -0.05) is 32.1 Å². The van der Waals surface area contributed by atoms with E-state index in [9.17, 15) is 4.79 Å². The summed E-state index contributed by atoms with van der Waals surface area (Å²) in [5.74, 6) is 1.16. The SMILES string of the molecule is Cl.O=C(CCCC1CCCCC1)NCCCN1CCNCC1. The molecular formula is C17H34ClN3O. The third-order valence-electron chi connectivity index (χ3n) is 4.92. The average molecular weight is 332 g/mol. The number of nitrogens with one attached hydrogen (secondary N) is 2. The van der Waals surface area contributed by atoms with E-state index in [0.29, 0.717) is 0 Å². The van der Waals surface area contributed by atoms with Crippen LogP contribution in [0.4, 0.5) is 0 Å². The van der Waals surface area contributed by atoms with Gasteiger partial charge in [0.05, 0.1) is 0 Å². The van der Waals surface area contributed by atoms with E-state index in [1.54, 1.807) is 0 Å². The van der Waals surface area contributed by atoms with Crippen LogP contribution in [0, 0.1) is 5.92 Å². The van der Waals surface area contributed by atoms with Crippen LogP contribution in [0.15, 0.2) is 0 Å². The van der Waals surface area contributed by atoms with Gasteiger partial charge >= 0.3 is 0 Å². The lowest BCUT2D eigenvalue weighted by Crippen LogP contribution is -2.44. The lowest BCUT2D eigenvalue weighted by molar-refractivity contribution is -0.121. The molecule has 2 aliphatic rings. The molecule has 1 saturated carbocycles. The van der Waals surface area contributed by atoms with Crippen molar-refractivity contribution < 1.29 is 4.79 Å². The third-order valence-corrected chi connectivity index (χ3v) is 4.92. The van der Waals surface area contributed by atoms with E-state index < -0.39 is 0 Å². The quantitative estimate of drug-likeness (QED) is 0.672. The maximum absolute atomic E-state index is 11.8. The number of rotatable bonds is 8. The van der Waals surface area contributed by atoms with E-state index >= 15 is 0 Å². The summed E-state index contributed by atoms with van der Waals surface area (Å²) in [5.41, 5.74) is 0. The topological polar surface area (TPSA) is 44.4 Å². The van der Waals surface area contributed by atoms with Crippen LogP contribution >= 0.6 is 12.4 Å². The van der Waals surface area contributed by atoms with Gasteiger partial charge in [-0.05, 0) is 31.7 Å². The molecule has 0 spiro atoms. The summed E-state index contributed by atoms with van der Waals surface area (Å²) in [6, 6.07) is 0. The number of carbonyl (C=O) groups is 1. The molecule has 130 valence electrons. The fraction of sp³-hybridized carbons (Fsp3) is 0.941. The Hall–Kier alpha value is -0.320. The van der Waals surface area contributed by atoms with Crippen LogP contribution < -0.4 is 10.6 Å². The molecule has 1 aliphatic carbocycles. The maximum Gasteiger partial charge on any atom is 0.219 e. The first-order valence-electron chi connectivity index (χ1n) is 9.04. The van der Waals surface area contributed by atoms with Gasteiger partial charge in [0, 0.05) is 39.1 Å². The maximum atomic E-state index is 11.8. The van der Waals surface area contributed by atoms with Gasteiger partial charge in [0.2, 0.25) is 5.91 Å². The van der Waals surface area contributed by atoms with E-state index in [0.717, 1.165) is 64.4 Å². The Bertz CT molecular complexity index is 290. The van der Waals surface area contributed by atoms with Gasteiger partial charge in [0.15, 0.2) is 0 Å². The molecule has 0 aromatic heterocycles. The highest BCUT2D eigenvalue weighted by atomic mass is 35.5. The van der Waals surface area contributed by atoms with Gasteiger partial charge in [-0.15, -0.1) is 12.4 Å². The molecule has 0 aromatic rings. The third kappa shape index (κ3) is 8.35. The minimum absolute atomic E-state index is 0. The lowest BCUT2D eigenvalue weighted by atomic mass is 9.86. The Balaban J connectivity index is 0.00000242. The highest BCUT2D eigenvalue weighted by Crippen LogP contribution is 2.27. The molecule has 1 saturated heterocycles. The van der Waals surface area contributed by atoms with Crippen LogP contribution in [-0.4, -0.2) is 50.1 Å². The predicted molar refractivity (Wildman–Crippen MR) is 94.6 cm³/mol. The van der Waals surface area contributed by atoms with E-state index in [1.807, 2.05) is 0 Å². The number of piperazine rings is 1. The second-order valence-electron chi connectivity index (χ2n) is 6.69. The number of hydrogen-bond acceptors (Lipinski definition) is 3. The van der Waals surface area contributed by atoms with Crippen LogP contribution in [0.5, 0.6) is 0 Å². The molecule has 0 aromatic carbocycles. The van der Waals surface area contributed by atoms with Crippen molar-refractivity contribution in [1.29, 1.82) is 0 Å². The van der Waals surface area contributed by atoms with Gasteiger partial charge in [-0.2, -0.15) is 0 Å². The zero-order chi connectivity index (χ0) is 14.8. The van der Waals surface area contributed by atoms with Crippen molar-refractivity contribution in [1.82, 2.24) is 15.5 Å². The summed E-state index contributed by atoms with van der Waals surface area (Å²) in [6.45, 7) is 6.46. The molecular weight excluding hydrogens is 298 g/mol. The Morgan fingerprint density at radius 1 is 1.09 bits per heavy atom. The number of carbonyl (C=O) groups excluding carboxylic acids is 1. The summed E-state index contributed by atoms with van der Waals surface area (Å²) >= 11 is 0. The summed E-state index contributed by atoms with van der Waals surface area (Å²) in [4.78, 5) is 14.3. The van der Waals surface area contributed by atoms with E-state index in [2.05, 4.69) is 15.5 Å². The van der Waals surface area contributed by atoms with E-state index in [-0.39, 0.29) is 18.3 Å². The van der Waals surface area contributed by atoms with Crippen LogP contribution in [0.25, 0.3) is 0 Å². The molecule has 0 radical (unpaired) electrons. The zero-order valence-corrected chi connectivity index (χ0v) is 14.8. The molecule has 1 aliphatic heterocycles. The summed E-state index contributed by atoms with van der Waals surface area (Å²) in [5, 5.41) is 6.44. The second-order valence-corrected chi connectivity index (χ2v) is 6.69. The van der Waals surface area contributed by atoms with E-state index in [1.165, 1.54) is 38.5 Å². The number of amides is 1. The smallest absolute Gasteiger partial charge is 0.219 e. The normalized spacial score (nSPS) is 20.4. The van der Waals surface area contributed by atoms with Crippen molar-refractivity contribution >= 4 is 18.3 Å². The molecule has 22 heavy (non-hydrogen) atoms. The monoisotopic (exact) mass is 331 g/mol. The van der Waals surface area contributed by atoms with Crippen LogP contribution in [-0.2, 0) is 4.79 Å². The van der Waals surface area contributed by atoms with Crippen molar-refractivity contribution in [2.24, 2.45) is 5.92 Å². The molecule has 2 N–H and O–H groups in total. The second kappa shape index (κ2) is 12.1.